The predicted octanol–water partition coefficient (Wildman–Crippen LogP) is 2.00. The van der Waals surface area contributed by atoms with E-state index in [1.165, 1.54) is 0 Å². The smallest absolute Gasteiger partial charge is 0.307 e. The molecule has 1 aromatic heterocycles. The van der Waals surface area contributed by atoms with E-state index in [2.05, 4.69) is 4.98 Å². The van der Waals surface area contributed by atoms with Crippen LogP contribution >= 0.6 is 0 Å². The maximum absolute atomic E-state index is 10.8. The molecule has 96 valence electrons. The highest BCUT2D eigenvalue weighted by atomic mass is 16.4. The first kappa shape index (κ1) is 13.7. The van der Waals surface area contributed by atoms with Gasteiger partial charge in [-0.05, 0) is 20.9 Å². The highest BCUT2D eigenvalue weighted by Crippen LogP contribution is 2.23. The van der Waals surface area contributed by atoms with E-state index in [0.717, 1.165) is 11.5 Å². The molecule has 17 heavy (non-hydrogen) atoms. The van der Waals surface area contributed by atoms with Crippen molar-refractivity contribution in [1.29, 1.82) is 0 Å². The molecule has 1 aromatic rings. The van der Waals surface area contributed by atoms with Gasteiger partial charge in [0.1, 0.15) is 5.76 Å². The molecule has 0 amide bonds. The highest BCUT2D eigenvalue weighted by Gasteiger charge is 2.22. The van der Waals surface area contributed by atoms with E-state index < -0.39 is 11.9 Å². The minimum Gasteiger partial charge on any atom is -0.481 e. The Hall–Kier alpha value is -1.36. The number of hydrogen-bond donors (Lipinski definition) is 1. The Bertz CT molecular complexity index is 400. The highest BCUT2D eigenvalue weighted by molar-refractivity contribution is 5.69. The molecule has 0 aliphatic heterocycles. The summed E-state index contributed by atoms with van der Waals surface area (Å²) in [6.45, 7) is 7.88. The van der Waals surface area contributed by atoms with E-state index in [-0.39, 0.29) is 6.04 Å². The molecule has 0 aromatic carbocycles. The monoisotopic (exact) mass is 240 g/mol. The molecule has 1 heterocycles. The lowest BCUT2D eigenvalue weighted by molar-refractivity contribution is -0.141. The number of hydrogen-bond acceptors (Lipinski definition) is 4. The first-order valence-electron chi connectivity index (χ1n) is 5.70. The molecule has 0 fully saturated rings. The third kappa shape index (κ3) is 3.30. The fourth-order valence-corrected chi connectivity index (χ4v) is 1.80. The number of aryl methyl sites for hydroxylation is 2. The van der Waals surface area contributed by atoms with Gasteiger partial charge in [-0.1, -0.05) is 6.92 Å². The lowest BCUT2D eigenvalue weighted by Gasteiger charge is -2.24. The number of carboxylic acids is 1. The fourth-order valence-electron chi connectivity index (χ4n) is 1.80. The third-order valence-electron chi connectivity index (χ3n) is 2.96. The van der Waals surface area contributed by atoms with Gasteiger partial charge in [0.2, 0.25) is 0 Å². The van der Waals surface area contributed by atoms with Crippen LogP contribution in [0.2, 0.25) is 0 Å². The summed E-state index contributed by atoms with van der Waals surface area (Å²) in [5.41, 5.74) is 0.866. The molecule has 0 spiro atoms. The van der Waals surface area contributed by atoms with Crippen LogP contribution in [-0.2, 0) is 4.79 Å². The second-order valence-corrected chi connectivity index (χ2v) is 4.54. The Labute approximate surface area is 101 Å². The molecule has 1 rings (SSSR count). The molecule has 1 N–H and O–H groups in total. The van der Waals surface area contributed by atoms with Gasteiger partial charge in [0.15, 0.2) is 5.89 Å². The van der Waals surface area contributed by atoms with Gasteiger partial charge >= 0.3 is 5.97 Å². The minimum atomic E-state index is -0.783. The zero-order valence-electron chi connectivity index (χ0n) is 11.0. The summed E-state index contributed by atoms with van der Waals surface area (Å²) in [5, 5.41) is 8.88. The number of carbonyl (C=O) groups is 1. The summed E-state index contributed by atoms with van der Waals surface area (Å²) in [7, 11) is 1.89. The van der Waals surface area contributed by atoms with E-state index in [0.29, 0.717) is 12.4 Å². The normalized spacial score (nSPS) is 14.9. The maximum Gasteiger partial charge on any atom is 0.307 e. The topological polar surface area (TPSA) is 66.6 Å². The quantitative estimate of drug-likeness (QED) is 0.852. The van der Waals surface area contributed by atoms with Gasteiger partial charge in [-0.2, -0.15) is 0 Å². The van der Waals surface area contributed by atoms with Crippen LogP contribution in [0.5, 0.6) is 0 Å². The Kier molecular flexibility index (Phi) is 4.28. The van der Waals surface area contributed by atoms with Gasteiger partial charge < -0.3 is 9.52 Å². The summed E-state index contributed by atoms with van der Waals surface area (Å²) in [5.74, 6) is 0.271. The SMILES string of the molecule is Cc1nc(C)c(C(C)N(C)CC(C)C(=O)O)o1. The van der Waals surface area contributed by atoms with Crippen LogP contribution in [0.15, 0.2) is 4.42 Å². The van der Waals surface area contributed by atoms with Gasteiger partial charge in [0, 0.05) is 13.5 Å². The van der Waals surface area contributed by atoms with Crippen LogP contribution in [0, 0.1) is 19.8 Å². The van der Waals surface area contributed by atoms with Gasteiger partial charge in [-0.15, -0.1) is 0 Å². The van der Waals surface area contributed by atoms with Crippen LogP contribution in [-0.4, -0.2) is 34.6 Å². The third-order valence-corrected chi connectivity index (χ3v) is 2.96. The molecular weight excluding hydrogens is 220 g/mol. The molecule has 0 saturated carbocycles. The Morgan fingerprint density at radius 3 is 2.47 bits per heavy atom. The number of nitrogens with zero attached hydrogens (tertiary/aromatic N) is 2. The number of aromatic nitrogens is 1. The Balaban J connectivity index is 2.73. The molecule has 0 aliphatic rings. The Morgan fingerprint density at radius 2 is 2.06 bits per heavy atom. The zero-order valence-corrected chi connectivity index (χ0v) is 11.0. The molecule has 2 atom stereocenters. The standard InChI is InChI=1S/C12H20N2O3/c1-7(12(15)16)6-14(5)9(3)11-8(2)13-10(4)17-11/h7,9H,6H2,1-5H3,(H,15,16). The number of carboxylic acid groups (broad SMARTS) is 1. The van der Waals surface area contributed by atoms with Crippen molar-refractivity contribution in [1.82, 2.24) is 9.88 Å². The molecule has 2 unspecified atom stereocenters. The summed E-state index contributed by atoms with van der Waals surface area (Å²) in [6, 6.07) is 0.0259. The molecule has 0 aliphatic carbocycles. The van der Waals surface area contributed by atoms with E-state index >= 15 is 0 Å². The van der Waals surface area contributed by atoms with Gasteiger partial charge in [0.25, 0.3) is 0 Å². The molecule has 5 heteroatoms. The summed E-state index contributed by atoms with van der Waals surface area (Å²) in [6.07, 6.45) is 0. The van der Waals surface area contributed by atoms with E-state index in [9.17, 15) is 4.79 Å². The molecule has 0 radical (unpaired) electrons. The zero-order chi connectivity index (χ0) is 13.2. The second-order valence-electron chi connectivity index (χ2n) is 4.54. The van der Waals surface area contributed by atoms with Crippen molar-refractivity contribution in [3.63, 3.8) is 0 Å². The van der Waals surface area contributed by atoms with Crippen molar-refractivity contribution in [2.24, 2.45) is 5.92 Å². The summed E-state index contributed by atoms with van der Waals surface area (Å²) >= 11 is 0. The molecule has 0 saturated heterocycles. The van der Waals surface area contributed by atoms with Crippen LogP contribution in [0.1, 0.15) is 37.2 Å². The second kappa shape index (κ2) is 5.31. The lowest BCUT2D eigenvalue weighted by atomic mass is 10.1. The number of rotatable bonds is 5. The van der Waals surface area contributed by atoms with E-state index in [4.69, 9.17) is 9.52 Å². The largest absolute Gasteiger partial charge is 0.481 e. The van der Waals surface area contributed by atoms with Crippen molar-refractivity contribution in [3.05, 3.63) is 17.3 Å². The van der Waals surface area contributed by atoms with Crippen LogP contribution < -0.4 is 0 Å². The fraction of sp³-hybridized carbons (Fsp3) is 0.667. The maximum atomic E-state index is 10.8. The number of aliphatic carboxylic acids is 1. The van der Waals surface area contributed by atoms with E-state index in [1.807, 2.05) is 32.7 Å². The van der Waals surface area contributed by atoms with Crippen LogP contribution in [0.4, 0.5) is 0 Å². The predicted molar refractivity (Wildman–Crippen MR) is 63.8 cm³/mol. The number of oxazole rings is 1. The van der Waals surface area contributed by atoms with Crippen molar-refractivity contribution in [2.45, 2.75) is 33.7 Å². The van der Waals surface area contributed by atoms with Gasteiger partial charge in [-0.25, -0.2) is 4.98 Å². The van der Waals surface area contributed by atoms with Crippen molar-refractivity contribution < 1.29 is 14.3 Å². The van der Waals surface area contributed by atoms with Crippen LogP contribution in [0.3, 0.4) is 0 Å². The average molecular weight is 240 g/mol. The summed E-state index contributed by atoms with van der Waals surface area (Å²) in [4.78, 5) is 17.0. The lowest BCUT2D eigenvalue weighted by Crippen LogP contribution is -2.30. The molecule has 0 bridgehead atoms. The van der Waals surface area contributed by atoms with Crippen molar-refractivity contribution in [2.75, 3.05) is 13.6 Å². The molecule has 5 nitrogen and oxygen atoms in total. The average Bonchev–Trinajstić information content (AvgIpc) is 2.56. The first-order chi connectivity index (χ1) is 7.82. The van der Waals surface area contributed by atoms with Crippen molar-refractivity contribution in [3.8, 4) is 0 Å². The van der Waals surface area contributed by atoms with Crippen LogP contribution in [0.25, 0.3) is 0 Å². The summed E-state index contributed by atoms with van der Waals surface area (Å²) < 4.78 is 5.54. The first-order valence-corrected chi connectivity index (χ1v) is 5.70. The van der Waals surface area contributed by atoms with Gasteiger partial charge in [0.05, 0.1) is 17.7 Å². The Morgan fingerprint density at radius 1 is 1.47 bits per heavy atom. The molecular formula is C12H20N2O3. The van der Waals surface area contributed by atoms with E-state index in [1.54, 1.807) is 6.92 Å². The van der Waals surface area contributed by atoms with Crippen molar-refractivity contribution >= 4 is 5.97 Å². The minimum absolute atomic E-state index is 0.0259. The van der Waals surface area contributed by atoms with Gasteiger partial charge in [-0.3, -0.25) is 9.69 Å².